The van der Waals surface area contributed by atoms with Gasteiger partial charge < -0.3 is 19.8 Å². The van der Waals surface area contributed by atoms with Crippen LogP contribution in [0.15, 0.2) is 40.8 Å². The summed E-state index contributed by atoms with van der Waals surface area (Å²) in [4.78, 5) is 13.8. The number of likely N-dealkylation sites (N-methyl/N-ethyl adjacent to an activating group) is 1. The largest absolute Gasteiger partial charge is 0.459 e. The fourth-order valence-electron chi connectivity index (χ4n) is 2.46. The SMILES string of the molecule is CCN(Cc1ccc(-c2ccc(C(F)(F)F)cc2)o1)C(=O)C(N)COC. The van der Waals surface area contributed by atoms with Crippen LogP contribution in [0.2, 0.25) is 0 Å². The lowest BCUT2D eigenvalue weighted by atomic mass is 10.1. The van der Waals surface area contributed by atoms with Crippen LogP contribution in [0.3, 0.4) is 0 Å². The number of furan rings is 1. The first-order valence-corrected chi connectivity index (χ1v) is 8.06. The van der Waals surface area contributed by atoms with Gasteiger partial charge in [0.1, 0.15) is 17.6 Å². The Balaban J connectivity index is 2.10. The quantitative estimate of drug-likeness (QED) is 0.812. The summed E-state index contributed by atoms with van der Waals surface area (Å²) < 4.78 is 48.4. The minimum Gasteiger partial charge on any atom is -0.459 e. The molecule has 0 fully saturated rings. The van der Waals surface area contributed by atoms with Gasteiger partial charge in [0.05, 0.1) is 18.7 Å². The number of nitrogens with zero attached hydrogens (tertiary/aromatic N) is 1. The maximum absolute atomic E-state index is 12.6. The summed E-state index contributed by atoms with van der Waals surface area (Å²) in [6.45, 7) is 2.58. The number of amides is 1. The first-order valence-electron chi connectivity index (χ1n) is 8.06. The molecule has 0 saturated carbocycles. The molecule has 1 aromatic carbocycles. The third-order valence-corrected chi connectivity index (χ3v) is 3.86. The zero-order chi connectivity index (χ0) is 19.3. The lowest BCUT2D eigenvalue weighted by Gasteiger charge is -2.23. The predicted octanol–water partition coefficient (Wildman–Crippen LogP) is 3.29. The van der Waals surface area contributed by atoms with Gasteiger partial charge in [0.2, 0.25) is 5.91 Å². The Kier molecular flexibility index (Phi) is 6.44. The number of alkyl halides is 3. The van der Waals surface area contributed by atoms with Crippen LogP contribution < -0.4 is 5.73 Å². The summed E-state index contributed by atoms with van der Waals surface area (Å²) in [5, 5.41) is 0. The number of ether oxygens (including phenoxy) is 1. The topological polar surface area (TPSA) is 68.7 Å². The number of halogens is 3. The van der Waals surface area contributed by atoms with Crippen molar-refractivity contribution in [3.63, 3.8) is 0 Å². The minimum absolute atomic E-state index is 0.115. The first-order chi connectivity index (χ1) is 12.3. The average molecular weight is 370 g/mol. The molecular formula is C18H21F3N2O3. The number of methoxy groups -OCH3 is 1. The number of nitrogens with two attached hydrogens (primary N) is 1. The van der Waals surface area contributed by atoms with Crippen molar-refractivity contribution in [3.8, 4) is 11.3 Å². The number of hydrogen-bond donors (Lipinski definition) is 1. The Morgan fingerprint density at radius 2 is 1.88 bits per heavy atom. The second kappa shape index (κ2) is 8.37. The number of carbonyl (C=O) groups is 1. The lowest BCUT2D eigenvalue weighted by Crippen LogP contribution is -2.45. The normalized spacial score (nSPS) is 12.8. The van der Waals surface area contributed by atoms with Crippen LogP contribution in [-0.2, 0) is 22.3 Å². The molecule has 2 aromatic rings. The van der Waals surface area contributed by atoms with E-state index < -0.39 is 17.8 Å². The molecule has 5 nitrogen and oxygen atoms in total. The van der Waals surface area contributed by atoms with E-state index in [9.17, 15) is 18.0 Å². The Morgan fingerprint density at radius 1 is 1.23 bits per heavy atom. The van der Waals surface area contributed by atoms with Gasteiger partial charge in [0.15, 0.2) is 0 Å². The smallest absolute Gasteiger partial charge is 0.416 e. The standard InChI is InChI=1S/C18H21F3N2O3/c1-3-23(17(24)15(22)11-25-2)10-14-8-9-16(26-14)12-4-6-13(7-5-12)18(19,20)21/h4-9,15H,3,10-11,22H2,1-2H3. The first kappa shape index (κ1) is 20.0. The second-order valence-corrected chi connectivity index (χ2v) is 5.76. The van der Waals surface area contributed by atoms with E-state index in [1.54, 1.807) is 12.1 Å². The minimum atomic E-state index is -4.38. The van der Waals surface area contributed by atoms with E-state index in [2.05, 4.69) is 0 Å². The van der Waals surface area contributed by atoms with Gasteiger partial charge in [-0.1, -0.05) is 12.1 Å². The molecule has 0 spiro atoms. The van der Waals surface area contributed by atoms with Crippen LogP contribution in [0.25, 0.3) is 11.3 Å². The number of hydrogen-bond acceptors (Lipinski definition) is 4. The molecule has 1 atom stereocenters. The van der Waals surface area contributed by atoms with Gasteiger partial charge in [0, 0.05) is 19.2 Å². The summed E-state index contributed by atoms with van der Waals surface area (Å²) in [7, 11) is 1.46. The highest BCUT2D eigenvalue weighted by Gasteiger charge is 2.30. The van der Waals surface area contributed by atoms with Gasteiger partial charge in [-0.25, -0.2) is 0 Å². The molecule has 1 unspecified atom stereocenters. The van der Waals surface area contributed by atoms with Gasteiger partial charge >= 0.3 is 6.18 Å². The molecule has 142 valence electrons. The van der Waals surface area contributed by atoms with E-state index in [-0.39, 0.29) is 19.1 Å². The summed E-state index contributed by atoms with van der Waals surface area (Å²) in [5.74, 6) is 0.681. The van der Waals surface area contributed by atoms with E-state index >= 15 is 0 Å². The zero-order valence-corrected chi connectivity index (χ0v) is 14.5. The molecule has 8 heteroatoms. The van der Waals surface area contributed by atoms with Gasteiger partial charge in [-0.3, -0.25) is 4.79 Å². The van der Waals surface area contributed by atoms with Crippen LogP contribution >= 0.6 is 0 Å². The maximum Gasteiger partial charge on any atom is 0.416 e. The summed E-state index contributed by atoms with van der Waals surface area (Å²) >= 11 is 0. The summed E-state index contributed by atoms with van der Waals surface area (Å²) in [6, 6.07) is 7.29. The van der Waals surface area contributed by atoms with Crippen molar-refractivity contribution in [1.82, 2.24) is 4.90 Å². The Morgan fingerprint density at radius 3 is 2.42 bits per heavy atom. The van der Waals surface area contributed by atoms with E-state index in [1.165, 1.54) is 24.1 Å². The van der Waals surface area contributed by atoms with Crippen LogP contribution in [0.5, 0.6) is 0 Å². The van der Waals surface area contributed by atoms with Gasteiger partial charge in [-0.15, -0.1) is 0 Å². The van der Waals surface area contributed by atoms with Crippen LogP contribution in [0, 0.1) is 0 Å². The Labute approximate surface area is 149 Å². The highest BCUT2D eigenvalue weighted by atomic mass is 19.4. The van der Waals surface area contributed by atoms with Crippen molar-refractivity contribution in [2.45, 2.75) is 25.7 Å². The molecule has 0 radical (unpaired) electrons. The van der Waals surface area contributed by atoms with Gasteiger partial charge in [0.25, 0.3) is 0 Å². The van der Waals surface area contributed by atoms with Crippen LogP contribution in [-0.4, -0.2) is 37.1 Å². The molecule has 1 heterocycles. The van der Waals surface area contributed by atoms with E-state index in [1.807, 2.05) is 6.92 Å². The number of benzene rings is 1. The molecule has 0 saturated heterocycles. The molecule has 0 aliphatic heterocycles. The van der Waals surface area contributed by atoms with E-state index in [4.69, 9.17) is 14.9 Å². The molecule has 1 amide bonds. The van der Waals surface area contributed by atoms with Crippen molar-refractivity contribution >= 4 is 5.91 Å². The molecule has 26 heavy (non-hydrogen) atoms. The van der Waals surface area contributed by atoms with Crippen LogP contribution in [0.1, 0.15) is 18.2 Å². The second-order valence-electron chi connectivity index (χ2n) is 5.76. The molecule has 2 rings (SSSR count). The highest BCUT2D eigenvalue weighted by molar-refractivity contribution is 5.81. The van der Waals surface area contributed by atoms with E-state index in [0.29, 0.717) is 23.6 Å². The molecule has 1 aromatic heterocycles. The Bertz CT molecular complexity index is 726. The fraction of sp³-hybridized carbons (Fsp3) is 0.389. The predicted molar refractivity (Wildman–Crippen MR) is 90.1 cm³/mol. The third kappa shape index (κ3) is 4.86. The number of carbonyl (C=O) groups excluding carboxylic acids is 1. The van der Waals surface area contributed by atoms with E-state index in [0.717, 1.165) is 12.1 Å². The molecule has 0 aliphatic rings. The summed E-state index contributed by atoms with van der Waals surface area (Å²) in [6.07, 6.45) is -4.38. The molecule has 2 N–H and O–H groups in total. The number of rotatable bonds is 7. The molecular weight excluding hydrogens is 349 g/mol. The highest BCUT2D eigenvalue weighted by Crippen LogP contribution is 2.31. The molecule has 0 aliphatic carbocycles. The monoisotopic (exact) mass is 370 g/mol. The third-order valence-electron chi connectivity index (χ3n) is 3.86. The zero-order valence-electron chi connectivity index (χ0n) is 14.5. The lowest BCUT2D eigenvalue weighted by molar-refractivity contribution is -0.137. The fourth-order valence-corrected chi connectivity index (χ4v) is 2.46. The van der Waals surface area contributed by atoms with Crippen LogP contribution in [0.4, 0.5) is 13.2 Å². The van der Waals surface area contributed by atoms with Gasteiger partial charge in [-0.05, 0) is 31.2 Å². The van der Waals surface area contributed by atoms with Crippen molar-refractivity contribution < 1.29 is 27.1 Å². The Hall–Kier alpha value is -2.32. The van der Waals surface area contributed by atoms with Gasteiger partial charge in [-0.2, -0.15) is 13.2 Å². The van der Waals surface area contributed by atoms with Crippen molar-refractivity contribution in [1.29, 1.82) is 0 Å². The van der Waals surface area contributed by atoms with Crippen molar-refractivity contribution in [2.24, 2.45) is 5.73 Å². The summed E-state index contributed by atoms with van der Waals surface area (Å²) in [5.41, 5.74) is 5.57. The molecule has 0 bridgehead atoms. The maximum atomic E-state index is 12.6. The van der Waals surface area contributed by atoms with Crippen molar-refractivity contribution in [2.75, 3.05) is 20.3 Å². The average Bonchev–Trinajstić information content (AvgIpc) is 3.07. The van der Waals surface area contributed by atoms with Crippen molar-refractivity contribution in [3.05, 3.63) is 47.7 Å².